The van der Waals surface area contributed by atoms with E-state index in [1.165, 1.54) is 52.4 Å². The lowest BCUT2D eigenvalue weighted by molar-refractivity contribution is -0.156. The third-order valence-corrected chi connectivity index (χ3v) is 24.4. The minimum Gasteiger partial charge on any atom is -0.458 e. The van der Waals surface area contributed by atoms with E-state index in [4.69, 9.17) is 47.4 Å². The van der Waals surface area contributed by atoms with E-state index in [1.807, 2.05) is 137 Å². The van der Waals surface area contributed by atoms with Gasteiger partial charge in [0.2, 0.25) is 0 Å². The van der Waals surface area contributed by atoms with Gasteiger partial charge in [-0.05, 0) is 264 Å². The highest BCUT2D eigenvalue weighted by Crippen LogP contribution is 2.46. The van der Waals surface area contributed by atoms with Crippen LogP contribution in [0.1, 0.15) is 373 Å². The van der Waals surface area contributed by atoms with Crippen LogP contribution < -0.4 is 0 Å². The lowest BCUT2D eigenvalue weighted by Crippen LogP contribution is -2.23. The summed E-state index contributed by atoms with van der Waals surface area (Å²) in [5, 5.41) is 8.29. The topological polar surface area (TPSA) is 229 Å². The lowest BCUT2D eigenvalue weighted by atomic mass is 9.86. The van der Waals surface area contributed by atoms with Gasteiger partial charge in [-0.1, -0.05) is 214 Å². The number of benzene rings is 10. The third kappa shape index (κ3) is 26.6. The van der Waals surface area contributed by atoms with Crippen LogP contribution in [0.2, 0.25) is 0 Å². The number of carbonyl (C=O) groups is 8. The van der Waals surface area contributed by atoms with Crippen LogP contribution in [0.5, 0.6) is 0 Å². The van der Waals surface area contributed by atoms with Crippen LogP contribution in [0.15, 0.2) is 170 Å². The molecule has 18 nitrogen and oxygen atoms in total. The minimum atomic E-state index is -0.702. The second-order valence-corrected chi connectivity index (χ2v) is 34.6. The van der Waals surface area contributed by atoms with Crippen LogP contribution in [0.4, 0.5) is 9.59 Å². The molecule has 8 atom stereocenters. The summed E-state index contributed by atoms with van der Waals surface area (Å²) in [6.45, 7) is 15.6. The smallest absolute Gasteiger partial charge is 0.458 e. The highest BCUT2D eigenvalue weighted by molar-refractivity contribution is 6.03. The molecule has 132 heavy (non-hydrogen) atoms. The molecule has 0 radical (unpaired) electrons. The highest BCUT2D eigenvalue weighted by atomic mass is 16.7. The van der Waals surface area contributed by atoms with Crippen molar-refractivity contribution >= 4 is 91.2 Å². The first kappa shape index (κ1) is 96.4. The van der Waals surface area contributed by atoms with Crippen molar-refractivity contribution in [3.05, 3.63) is 259 Å². The Kier molecular flexibility index (Phi) is 35.1. The Morgan fingerprint density at radius 2 is 0.523 bits per heavy atom. The molecule has 0 heterocycles. The Morgan fingerprint density at radius 3 is 0.848 bits per heavy atom. The Morgan fingerprint density at radius 1 is 0.250 bits per heavy atom. The normalized spacial score (nSPS) is 17.2. The van der Waals surface area contributed by atoms with Crippen LogP contribution in [0.3, 0.4) is 0 Å². The second kappa shape index (κ2) is 48.1. The Hall–Kier alpha value is -13.2. The van der Waals surface area contributed by atoms with Gasteiger partial charge in [-0.3, -0.25) is 28.8 Å². The summed E-state index contributed by atoms with van der Waals surface area (Å²) < 4.78 is 57.5. The number of rotatable bonds is 30. The largest absolute Gasteiger partial charge is 0.508 e. The highest BCUT2D eigenvalue weighted by Gasteiger charge is 2.37. The summed E-state index contributed by atoms with van der Waals surface area (Å²) in [5.41, 5.74) is 13.0. The molecule has 10 aromatic rings. The van der Waals surface area contributed by atoms with Crippen molar-refractivity contribution in [1.29, 1.82) is 0 Å². The van der Waals surface area contributed by atoms with Gasteiger partial charge in [-0.25, -0.2) is 9.59 Å². The van der Waals surface area contributed by atoms with E-state index >= 15 is 0 Å². The van der Waals surface area contributed by atoms with E-state index in [-0.39, 0.29) is 35.8 Å². The number of esters is 6. The minimum absolute atomic E-state index is 0.227. The second-order valence-electron chi connectivity index (χ2n) is 34.6. The van der Waals surface area contributed by atoms with E-state index in [0.29, 0.717) is 116 Å². The molecule has 0 amide bonds. The number of carbonyl (C=O) groups excluding carboxylic acids is 8. The number of hydrogen-bond acceptors (Lipinski definition) is 18. The van der Waals surface area contributed by atoms with Crippen LogP contribution in [-0.4, -0.2) is 61.3 Å². The summed E-state index contributed by atoms with van der Waals surface area (Å²) in [4.78, 5) is 99.6. The van der Waals surface area contributed by atoms with Crippen molar-refractivity contribution in [2.24, 2.45) is 0 Å². The first-order valence-electron chi connectivity index (χ1n) is 47.6. The molecule has 8 unspecified atom stereocenters. The van der Waals surface area contributed by atoms with Crippen molar-refractivity contribution in [2.75, 3.05) is 13.2 Å². The molecule has 0 saturated heterocycles. The van der Waals surface area contributed by atoms with Crippen molar-refractivity contribution in [3.63, 3.8) is 0 Å². The molecule has 4 aliphatic carbocycles. The molecular formula is C114H120O18. The van der Waals surface area contributed by atoms with Gasteiger partial charge in [-0.15, -0.1) is 0 Å². The van der Waals surface area contributed by atoms with Gasteiger partial charge in [-0.2, -0.15) is 0 Å². The van der Waals surface area contributed by atoms with E-state index < -0.39 is 61.1 Å². The molecule has 10 aromatic carbocycles. The average Bonchev–Trinajstić information content (AvgIpc) is 0.775. The van der Waals surface area contributed by atoms with E-state index in [0.717, 1.165) is 171 Å². The van der Waals surface area contributed by atoms with Crippen molar-refractivity contribution < 1.29 is 85.7 Å². The summed E-state index contributed by atoms with van der Waals surface area (Å²) in [5.74, 6) is 25.1. The number of unbranched alkanes of at least 4 members (excludes halogenated alkanes) is 10. The monoisotopic (exact) mass is 1780 g/mol. The maximum atomic E-state index is 12.9. The third-order valence-electron chi connectivity index (χ3n) is 24.4. The summed E-state index contributed by atoms with van der Waals surface area (Å²) >= 11 is 0. The predicted octanol–water partition coefficient (Wildman–Crippen LogP) is 26.6. The van der Waals surface area contributed by atoms with Crippen LogP contribution >= 0.6 is 0 Å². The SMILES string of the molecule is CCCC(=O)OC1CCC(OC(=O)CCC)c2cc(C#Cc3cccc4cc5c(C#Cc6ccc7c(c6)C(OC(=O)CCC)CCC7OC(=O)CCC)cccc5cc34)ccc21.CCCCCCCCOC(=O)OC1CCC(OC(=O)OCCCCCCCC)c2cc(C#Cc3ccc4cc5cc(C#Cc6ccc7c(c6)C(OC(C)=O)CCC7OC(C)=O)ccc5cc4c3)ccc21. The van der Waals surface area contributed by atoms with Crippen LogP contribution in [-0.2, 0) is 76.1 Å². The first-order valence-corrected chi connectivity index (χ1v) is 47.6. The van der Waals surface area contributed by atoms with Gasteiger partial charge in [0.05, 0.1) is 13.2 Å². The standard InChI is InChI=1S/C60H66O10.C54H54O8/c1-5-7-9-11-13-15-33-65-59(63)69-56-30-32-58(70-60(64)66-34-16-14-12-10-8-6-2)54-38-46(24-28-52(54)56)20-18-44-22-26-48-39-49-35-43(21-25-47(49)40-50(48)36-44)17-19-45-23-27-51-53(37-45)57(68-42(4)62)31-29-55(51)67-41(3)61;1-5-11-51(55)59-47-27-29-49(61-53(57)13-7-3)45-31-35(21-25-41(45)47)19-23-37-15-9-17-39-34-44-38(16-10-18-40(44)33-43(37)39)24-20-36-22-26-42-46(32-36)50(62-54(58)14-8-4)30-28-48(42)60-52(56)12-6-2/h21-28,35-40,55-58H,5-16,29-34H2,1-4H3;9-10,15-18,21-22,25-26,31-34,47-50H,5-8,11-14,27-30H2,1-4H3. The molecule has 4 aliphatic rings. The lowest BCUT2D eigenvalue weighted by Gasteiger charge is -2.31. The van der Waals surface area contributed by atoms with E-state index in [9.17, 15) is 38.4 Å². The van der Waals surface area contributed by atoms with Gasteiger partial charge < -0.3 is 47.4 Å². The van der Waals surface area contributed by atoms with Crippen molar-refractivity contribution in [1.82, 2.24) is 0 Å². The fourth-order valence-corrected chi connectivity index (χ4v) is 17.8. The van der Waals surface area contributed by atoms with Gasteiger partial charge in [0.15, 0.2) is 0 Å². The van der Waals surface area contributed by atoms with Gasteiger partial charge >= 0.3 is 48.1 Å². The Balaban J connectivity index is 0.000000226. The van der Waals surface area contributed by atoms with E-state index in [2.05, 4.69) is 122 Å². The molecule has 684 valence electrons. The number of hydrogen-bond donors (Lipinski definition) is 0. The van der Waals surface area contributed by atoms with Gasteiger partial charge in [0.25, 0.3) is 0 Å². The molecule has 14 rings (SSSR count). The number of fused-ring (bicyclic) bond motifs is 8. The Labute approximate surface area is 775 Å². The molecule has 0 N–H and O–H groups in total. The summed E-state index contributed by atoms with van der Waals surface area (Å²) in [6.07, 6.45) is 16.6. The summed E-state index contributed by atoms with van der Waals surface area (Å²) in [7, 11) is 0. The van der Waals surface area contributed by atoms with Crippen LogP contribution in [0, 0.1) is 47.4 Å². The number of ether oxygens (including phenoxy) is 10. The fraction of sp³-hybridized carbons (Fsp3) is 0.404. The first-order chi connectivity index (χ1) is 64.2. The maximum Gasteiger partial charge on any atom is 0.508 e. The van der Waals surface area contributed by atoms with Crippen molar-refractivity contribution in [3.8, 4) is 47.4 Å². The predicted molar refractivity (Wildman–Crippen MR) is 511 cm³/mol. The molecule has 0 bridgehead atoms. The van der Waals surface area contributed by atoms with Gasteiger partial charge in [0.1, 0.15) is 48.8 Å². The molecule has 18 heteroatoms. The van der Waals surface area contributed by atoms with Crippen LogP contribution in [0.25, 0.3) is 43.1 Å². The van der Waals surface area contributed by atoms with Crippen molar-refractivity contribution in [2.45, 2.75) is 284 Å². The average molecular weight is 1780 g/mol. The fourth-order valence-electron chi connectivity index (χ4n) is 17.8. The van der Waals surface area contributed by atoms with E-state index in [1.54, 1.807) is 0 Å². The zero-order valence-corrected chi connectivity index (χ0v) is 77.3. The zero-order chi connectivity index (χ0) is 92.8. The molecule has 0 fully saturated rings. The maximum absolute atomic E-state index is 12.9. The van der Waals surface area contributed by atoms with Gasteiger partial charge in [0, 0.05) is 106 Å². The molecular weight excluding hydrogens is 1660 g/mol. The molecule has 0 spiro atoms. The molecule has 0 aromatic heterocycles. The molecule has 0 aliphatic heterocycles. The quantitative estimate of drug-likeness (QED) is 0.0134. The Bertz CT molecular complexity index is 5940. The molecule has 0 saturated carbocycles. The zero-order valence-electron chi connectivity index (χ0n) is 77.3. The summed E-state index contributed by atoms with van der Waals surface area (Å²) in [6, 6.07) is 56.3.